The molecule has 0 atom stereocenters. The Morgan fingerprint density at radius 3 is 2.43 bits per heavy atom. The summed E-state index contributed by atoms with van der Waals surface area (Å²) in [4.78, 5) is 0.167. The molecule has 30 heavy (non-hydrogen) atoms. The topological polar surface area (TPSA) is 70.7 Å². The number of nitrogens with zero attached hydrogens (tertiary/aromatic N) is 1. The Morgan fingerprint density at radius 1 is 1.10 bits per heavy atom. The zero-order chi connectivity index (χ0) is 21.7. The average Bonchev–Trinajstić information content (AvgIpc) is 3.01. The van der Waals surface area contributed by atoms with Crippen molar-refractivity contribution in [2.75, 3.05) is 30.8 Å². The van der Waals surface area contributed by atoms with Crippen molar-refractivity contribution in [2.45, 2.75) is 30.6 Å². The Labute approximate surface area is 186 Å². The third kappa shape index (κ3) is 5.40. The first kappa shape index (κ1) is 22.7. The highest BCUT2D eigenvalue weighted by Gasteiger charge is 2.26. The van der Waals surface area contributed by atoms with E-state index < -0.39 is 15.8 Å². The second-order valence-electron chi connectivity index (χ2n) is 6.89. The highest BCUT2D eigenvalue weighted by molar-refractivity contribution is 7.89. The number of ether oxygens (including phenoxy) is 1. The van der Waals surface area contributed by atoms with Gasteiger partial charge in [0.2, 0.25) is 10.0 Å². The lowest BCUT2D eigenvalue weighted by atomic mass is 10.2. The molecule has 0 aromatic heterocycles. The molecule has 0 aliphatic carbocycles. The smallest absolute Gasteiger partial charge is 0.243 e. The van der Waals surface area contributed by atoms with Gasteiger partial charge < -0.3 is 15.4 Å². The van der Waals surface area contributed by atoms with E-state index in [-0.39, 0.29) is 15.0 Å². The first-order valence-electron chi connectivity index (χ1n) is 9.52. The maximum absolute atomic E-state index is 13.3. The molecule has 1 heterocycles. The summed E-state index contributed by atoms with van der Waals surface area (Å²) >= 11 is 11.1. The van der Waals surface area contributed by atoms with Crippen molar-refractivity contribution in [3.05, 3.63) is 47.2 Å². The normalized spacial score (nSPS) is 15.3. The van der Waals surface area contributed by atoms with Gasteiger partial charge in [0.25, 0.3) is 0 Å². The fourth-order valence-electron chi connectivity index (χ4n) is 3.23. The van der Waals surface area contributed by atoms with Gasteiger partial charge in [0.1, 0.15) is 11.6 Å². The highest BCUT2D eigenvalue weighted by atomic mass is 35.5. The van der Waals surface area contributed by atoms with Gasteiger partial charge in [-0.1, -0.05) is 24.4 Å². The fourth-order valence-corrected chi connectivity index (χ4v) is 5.19. The number of thiocarbonyl (C=S) groups is 1. The lowest BCUT2D eigenvalue weighted by Gasteiger charge is -2.21. The van der Waals surface area contributed by atoms with Gasteiger partial charge in [0, 0.05) is 18.8 Å². The summed E-state index contributed by atoms with van der Waals surface area (Å²) in [5, 5.41) is 5.99. The number of methoxy groups -OCH3 is 1. The van der Waals surface area contributed by atoms with E-state index in [1.54, 1.807) is 6.07 Å². The zero-order valence-electron chi connectivity index (χ0n) is 16.5. The van der Waals surface area contributed by atoms with E-state index in [9.17, 15) is 12.8 Å². The van der Waals surface area contributed by atoms with Crippen LogP contribution in [0.25, 0.3) is 0 Å². The summed E-state index contributed by atoms with van der Waals surface area (Å²) in [5.74, 6) is -0.0970. The fraction of sp³-hybridized carbons (Fsp3) is 0.350. The summed E-state index contributed by atoms with van der Waals surface area (Å²) in [7, 11) is -2.14. The number of anilines is 2. The molecule has 0 bridgehead atoms. The van der Waals surface area contributed by atoms with Gasteiger partial charge >= 0.3 is 0 Å². The Bertz CT molecular complexity index is 1030. The van der Waals surface area contributed by atoms with Crippen LogP contribution in [0, 0.1) is 5.82 Å². The minimum Gasteiger partial charge on any atom is -0.495 e. The van der Waals surface area contributed by atoms with Crippen LogP contribution in [0.2, 0.25) is 5.02 Å². The molecule has 0 radical (unpaired) electrons. The highest BCUT2D eigenvalue weighted by Crippen LogP contribution is 2.30. The van der Waals surface area contributed by atoms with Gasteiger partial charge in [-0.2, -0.15) is 4.31 Å². The lowest BCUT2D eigenvalue weighted by Crippen LogP contribution is -2.32. The number of nitrogens with one attached hydrogen (secondary N) is 2. The summed E-state index contributed by atoms with van der Waals surface area (Å²) in [5.41, 5.74) is 0.894. The second kappa shape index (κ2) is 9.91. The minimum absolute atomic E-state index is 0.0362. The Kier molecular flexibility index (Phi) is 7.51. The SMILES string of the molecule is COc1ccc(S(=O)(=O)N2CCCCCC2)cc1NC(=S)Nc1ccc(F)c(Cl)c1. The molecule has 162 valence electrons. The quantitative estimate of drug-likeness (QED) is 0.607. The standard InChI is InChI=1S/C20H23ClFN3O3S2/c1-28-19-9-7-15(30(26,27)25-10-4-2-3-5-11-25)13-18(19)24-20(29)23-14-6-8-17(22)16(21)12-14/h6-9,12-13H,2-5,10-11H2,1H3,(H2,23,24,29). The van der Waals surface area contributed by atoms with Crippen LogP contribution in [0.4, 0.5) is 15.8 Å². The molecule has 1 aliphatic rings. The van der Waals surface area contributed by atoms with Crippen molar-refractivity contribution < 1.29 is 17.5 Å². The first-order valence-corrected chi connectivity index (χ1v) is 11.7. The molecule has 1 aliphatic heterocycles. The molecule has 2 aromatic rings. The van der Waals surface area contributed by atoms with E-state index in [0.717, 1.165) is 25.7 Å². The summed E-state index contributed by atoms with van der Waals surface area (Å²) < 4.78 is 46.4. The number of hydrogen-bond acceptors (Lipinski definition) is 4. The monoisotopic (exact) mass is 471 g/mol. The van der Waals surface area contributed by atoms with Crippen LogP contribution in [-0.4, -0.2) is 38.0 Å². The van der Waals surface area contributed by atoms with E-state index >= 15 is 0 Å². The molecule has 1 fully saturated rings. The van der Waals surface area contributed by atoms with Gasteiger partial charge in [-0.15, -0.1) is 0 Å². The third-order valence-electron chi connectivity index (χ3n) is 4.80. The van der Waals surface area contributed by atoms with Crippen molar-refractivity contribution in [1.82, 2.24) is 4.31 Å². The van der Waals surface area contributed by atoms with E-state index in [0.29, 0.717) is 30.2 Å². The number of benzene rings is 2. The van der Waals surface area contributed by atoms with Gasteiger partial charge in [-0.25, -0.2) is 12.8 Å². The van der Waals surface area contributed by atoms with Crippen molar-refractivity contribution in [2.24, 2.45) is 0 Å². The molecule has 2 aromatic carbocycles. The number of hydrogen-bond donors (Lipinski definition) is 2. The Balaban J connectivity index is 1.81. The van der Waals surface area contributed by atoms with Crippen LogP contribution in [0.5, 0.6) is 5.75 Å². The molecule has 3 rings (SSSR count). The molecular weight excluding hydrogens is 449 g/mol. The average molecular weight is 472 g/mol. The lowest BCUT2D eigenvalue weighted by molar-refractivity contribution is 0.415. The molecule has 2 N–H and O–H groups in total. The van der Waals surface area contributed by atoms with Crippen LogP contribution in [0.1, 0.15) is 25.7 Å². The predicted octanol–water partition coefficient (Wildman–Crippen LogP) is 4.86. The minimum atomic E-state index is -3.62. The van der Waals surface area contributed by atoms with E-state index in [1.165, 1.54) is 41.7 Å². The van der Waals surface area contributed by atoms with Crippen LogP contribution in [0.3, 0.4) is 0 Å². The van der Waals surface area contributed by atoms with Crippen molar-refractivity contribution in [1.29, 1.82) is 0 Å². The Morgan fingerprint density at radius 2 is 1.80 bits per heavy atom. The largest absolute Gasteiger partial charge is 0.495 e. The summed E-state index contributed by atoms with van der Waals surface area (Å²) in [6, 6.07) is 8.74. The van der Waals surface area contributed by atoms with Gasteiger partial charge in [0.05, 0.1) is 22.7 Å². The summed E-state index contributed by atoms with van der Waals surface area (Å²) in [6.45, 7) is 1.03. The second-order valence-corrected chi connectivity index (χ2v) is 9.64. The van der Waals surface area contributed by atoms with Crippen molar-refractivity contribution in [3.63, 3.8) is 0 Å². The van der Waals surface area contributed by atoms with Crippen LogP contribution in [0.15, 0.2) is 41.3 Å². The molecule has 0 amide bonds. The van der Waals surface area contributed by atoms with Crippen LogP contribution >= 0.6 is 23.8 Å². The summed E-state index contributed by atoms with van der Waals surface area (Å²) in [6.07, 6.45) is 3.78. The first-order chi connectivity index (χ1) is 14.3. The molecule has 1 saturated heterocycles. The van der Waals surface area contributed by atoms with Gasteiger partial charge in [-0.05, 0) is 61.5 Å². The van der Waals surface area contributed by atoms with E-state index in [1.807, 2.05) is 0 Å². The molecule has 0 unspecified atom stereocenters. The predicted molar refractivity (Wildman–Crippen MR) is 121 cm³/mol. The van der Waals surface area contributed by atoms with E-state index in [4.69, 9.17) is 28.6 Å². The van der Waals surface area contributed by atoms with Crippen molar-refractivity contribution in [3.8, 4) is 5.75 Å². The number of sulfonamides is 1. The number of rotatable bonds is 5. The molecule has 0 spiro atoms. The maximum atomic E-state index is 13.3. The van der Waals surface area contributed by atoms with E-state index in [2.05, 4.69) is 10.6 Å². The molecular formula is C20H23ClFN3O3S2. The van der Waals surface area contributed by atoms with Gasteiger partial charge in [0.15, 0.2) is 5.11 Å². The van der Waals surface area contributed by atoms with Crippen LogP contribution in [-0.2, 0) is 10.0 Å². The molecule has 6 nitrogen and oxygen atoms in total. The number of halogens is 2. The molecule has 10 heteroatoms. The van der Waals surface area contributed by atoms with Crippen LogP contribution < -0.4 is 15.4 Å². The molecule has 0 saturated carbocycles. The van der Waals surface area contributed by atoms with Crippen molar-refractivity contribution >= 4 is 50.3 Å². The zero-order valence-corrected chi connectivity index (χ0v) is 18.8. The Hall–Kier alpha value is -1.94. The maximum Gasteiger partial charge on any atom is 0.243 e. The third-order valence-corrected chi connectivity index (χ3v) is 7.19. The van der Waals surface area contributed by atoms with Gasteiger partial charge in [-0.3, -0.25) is 0 Å².